The normalized spacial score (nSPS) is 17.2. The number of aromatic nitrogens is 4. The predicted molar refractivity (Wildman–Crippen MR) is 161 cm³/mol. The number of hydrogen-bond acceptors (Lipinski definition) is 9. The molecule has 6 rings (SSSR count). The van der Waals surface area contributed by atoms with E-state index >= 15 is 0 Å². The lowest BCUT2D eigenvalue weighted by atomic mass is 10.1. The topological polar surface area (TPSA) is 123 Å². The summed E-state index contributed by atoms with van der Waals surface area (Å²) in [4.78, 5) is 28.8. The first-order valence-electron chi connectivity index (χ1n) is 13.9. The zero-order valence-corrected chi connectivity index (χ0v) is 24.1. The van der Waals surface area contributed by atoms with Gasteiger partial charge < -0.3 is 20.9 Å². The lowest BCUT2D eigenvalue weighted by molar-refractivity contribution is 0.0919. The van der Waals surface area contributed by atoms with Gasteiger partial charge in [-0.2, -0.15) is 5.26 Å². The molecule has 4 aromatic rings. The molecule has 2 aliphatic heterocycles. The van der Waals surface area contributed by atoms with Gasteiger partial charge in [-0.15, -0.1) is 0 Å². The predicted octanol–water partition coefficient (Wildman–Crippen LogP) is 3.92. The van der Waals surface area contributed by atoms with Crippen LogP contribution in [0, 0.1) is 17.1 Å². The second-order valence-electron chi connectivity index (χ2n) is 10.2. The van der Waals surface area contributed by atoms with E-state index in [1.54, 1.807) is 24.5 Å². The first-order valence-corrected chi connectivity index (χ1v) is 14.7. The van der Waals surface area contributed by atoms with Gasteiger partial charge in [-0.3, -0.25) is 9.20 Å². The summed E-state index contributed by atoms with van der Waals surface area (Å²) < 4.78 is 15.5. The number of halogens is 1. The zero-order valence-electron chi connectivity index (χ0n) is 23.3. The SMILES string of the molecule is CCc1nc2ccc(-c3cnc(C(=O)NC4CCNCC4)nc3)cn2c1N(C)C1NC(c2ccc(F)cc2)=C(C#N)S1. The Morgan fingerprint density at radius 2 is 1.86 bits per heavy atom. The Bertz CT molecular complexity index is 1690. The van der Waals surface area contributed by atoms with Crippen molar-refractivity contribution >= 4 is 34.8 Å². The summed E-state index contributed by atoms with van der Waals surface area (Å²) in [7, 11) is 1.96. The third kappa shape index (κ3) is 5.41. The number of rotatable bonds is 7. The molecule has 12 heteroatoms. The summed E-state index contributed by atoms with van der Waals surface area (Å²) in [5.74, 6) is 0.446. The van der Waals surface area contributed by atoms with Crippen molar-refractivity contribution in [3.05, 3.63) is 82.8 Å². The van der Waals surface area contributed by atoms with Crippen molar-refractivity contribution in [3.8, 4) is 17.2 Å². The van der Waals surface area contributed by atoms with Gasteiger partial charge in [-0.1, -0.05) is 18.7 Å². The molecule has 42 heavy (non-hydrogen) atoms. The number of nitrogens with zero attached hydrogens (tertiary/aromatic N) is 6. The molecule has 3 aromatic heterocycles. The van der Waals surface area contributed by atoms with E-state index in [1.165, 1.54) is 23.9 Å². The van der Waals surface area contributed by atoms with Crippen LogP contribution >= 0.6 is 11.8 Å². The standard InChI is InChI=1S/C30H30FN9OS/c1-3-23-29(39(2)30-38-26(24(14-32)42-30)18-4-7-21(31)8-5-18)40-17-19(6-9-25(40)37-23)20-15-34-27(35-16-20)28(41)36-22-10-12-33-13-11-22/h4-9,15-17,22,30,33,38H,3,10-13H2,1-2H3,(H,36,41). The molecule has 0 aliphatic carbocycles. The van der Waals surface area contributed by atoms with Crippen LogP contribution in [0.15, 0.2) is 59.9 Å². The van der Waals surface area contributed by atoms with E-state index in [1.807, 2.05) is 29.8 Å². The van der Waals surface area contributed by atoms with E-state index in [9.17, 15) is 14.4 Å². The van der Waals surface area contributed by atoms with Crippen molar-refractivity contribution in [1.29, 1.82) is 5.26 Å². The van der Waals surface area contributed by atoms with Crippen molar-refractivity contribution in [1.82, 2.24) is 35.3 Å². The number of pyridine rings is 1. The molecule has 0 radical (unpaired) electrons. The van der Waals surface area contributed by atoms with E-state index in [4.69, 9.17) is 4.98 Å². The van der Waals surface area contributed by atoms with Crippen LogP contribution in [0.3, 0.4) is 0 Å². The maximum absolute atomic E-state index is 13.5. The van der Waals surface area contributed by atoms with Gasteiger partial charge in [-0.05, 0) is 74.3 Å². The van der Waals surface area contributed by atoms with Crippen LogP contribution in [0.5, 0.6) is 0 Å². The molecule has 3 N–H and O–H groups in total. The lowest BCUT2D eigenvalue weighted by Gasteiger charge is -2.27. The Hall–Kier alpha value is -4.47. The number of imidazole rings is 1. The Morgan fingerprint density at radius 3 is 2.55 bits per heavy atom. The molecule has 5 heterocycles. The molecule has 0 saturated carbocycles. The fourth-order valence-corrected chi connectivity index (χ4v) is 6.27. The largest absolute Gasteiger partial charge is 0.354 e. The van der Waals surface area contributed by atoms with Gasteiger partial charge in [0.25, 0.3) is 5.91 Å². The van der Waals surface area contributed by atoms with E-state index in [0.717, 1.165) is 59.8 Å². The second-order valence-corrected chi connectivity index (χ2v) is 11.3. The van der Waals surface area contributed by atoms with E-state index in [-0.39, 0.29) is 29.1 Å². The number of fused-ring (bicyclic) bond motifs is 1. The molecule has 214 valence electrons. The highest BCUT2D eigenvalue weighted by molar-refractivity contribution is 8.04. The summed E-state index contributed by atoms with van der Waals surface area (Å²) in [6.07, 6.45) is 7.81. The Labute approximate surface area is 247 Å². The van der Waals surface area contributed by atoms with Gasteiger partial charge in [0.05, 0.1) is 11.4 Å². The third-order valence-electron chi connectivity index (χ3n) is 7.50. The molecule has 0 spiro atoms. The second kappa shape index (κ2) is 11.8. The van der Waals surface area contributed by atoms with Gasteiger partial charge in [0.2, 0.25) is 5.82 Å². The summed E-state index contributed by atoms with van der Waals surface area (Å²) in [6, 6.07) is 12.4. The van der Waals surface area contributed by atoms with Gasteiger partial charge in [0.15, 0.2) is 5.50 Å². The molecule has 1 aromatic carbocycles. The van der Waals surface area contributed by atoms with Crippen LogP contribution in [0.2, 0.25) is 0 Å². The number of piperidine rings is 1. The van der Waals surface area contributed by atoms with Crippen LogP contribution < -0.4 is 20.9 Å². The molecule has 1 amide bonds. The summed E-state index contributed by atoms with van der Waals surface area (Å²) in [6.45, 7) is 3.83. The number of benzene rings is 1. The Balaban J connectivity index is 1.25. The Kier molecular flexibility index (Phi) is 7.78. The van der Waals surface area contributed by atoms with E-state index < -0.39 is 0 Å². The van der Waals surface area contributed by atoms with Crippen LogP contribution in [0.25, 0.3) is 22.5 Å². The van der Waals surface area contributed by atoms with Crippen LogP contribution in [0.1, 0.15) is 41.6 Å². The van der Waals surface area contributed by atoms with Crippen LogP contribution in [-0.2, 0) is 6.42 Å². The monoisotopic (exact) mass is 583 g/mol. The lowest BCUT2D eigenvalue weighted by Crippen LogP contribution is -2.43. The fourth-order valence-electron chi connectivity index (χ4n) is 5.26. The first kappa shape index (κ1) is 27.7. The van der Waals surface area contributed by atoms with Crippen molar-refractivity contribution < 1.29 is 9.18 Å². The highest BCUT2D eigenvalue weighted by atomic mass is 32.2. The quantitative estimate of drug-likeness (QED) is 0.297. The van der Waals surface area contributed by atoms with Gasteiger partial charge >= 0.3 is 0 Å². The van der Waals surface area contributed by atoms with Crippen molar-refractivity contribution in [2.24, 2.45) is 0 Å². The zero-order chi connectivity index (χ0) is 29.2. The average Bonchev–Trinajstić information content (AvgIpc) is 3.63. The highest BCUT2D eigenvalue weighted by Gasteiger charge is 2.31. The molecule has 2 aliphatic rings. The highest BCUT2D eigenvalue weighted by Crippen LogP contribution is 2.38. The number of nitrogens with one attached hydrogen (secondary N) is 3. The molecule has 1 saturated heterocycles. The molecule has 10 nitrogen and oxygen atoms in total. The van der Waals surface area contributed by atoms with E-state index in [2.05, 4.69) is 43.8 Å². The minimum atomic E-state index is -0.327. The summed E-state index contributed by atoms with van der Waals surface area (Å²) >= 11 is 1.41. The smallest absolute Gasteiger partial charge is 0.289 e. The third-order valence-corrected chi connectivity index (χ3v) is 8.69. The number of nitriles is 1. The van der Waals surface area contributed by atoms with Crippen molar-refractivity contribution in [3.63, 3.8) is 0 Å². The molecular formula is C30H30FN9OS. The number of hydrogen-bond donors (Lipinski definition) is 3. The molecule has 1 fully saturated rings. The number of amides is 1. The van der Waals surface area contributed by atoms with Gasteiger partial charge in [0.1, 0.15) is 28.3 Å². The van der Waals surface area contributed by atoms with E-state index in [0.29, 0.717) is 17.0 Å². The van der Waals surface area contributed by atoms with Crippen LogP contribution in [-0.4, -0.2) is 56.9 Å². The number of aryl methyl sites for hydroxylation is 1. The number of carbonyl (C=O) groups is 1. The molecule has 1 unspecified atom stereocenters. The summed E-state index contributed by atoms with van der Waals surface area (Å²) in [5.41, 5.74) is 4.48. The number of thioether (sulfide) groups is 1. The fraction of sp³-hybridized carbons (Fsp3) is 0.300. The van der Waals surface area contributed by atoms with Crippen molar-refractivity contribution in [2.75, 3.05) is 25.0 Å². The molecule has 0 bridgehead atoms. The van der Waals surface area contributed by atoms with Gasteiger partial charge in [-0.25, -0.2) is 19.3 Å². The van der Waals surface area contributed by atoms with Gasteiger partial charge in [0, 0.05) is 42.8 Å². The maximum Gasteiger partial charge on any atom is 0.289 e. The first-order chi connectivity index (χ1) is 20.4. The molecule has 1 atom stereocenters. The maximum atomic E-state index is 13.5. The number of anilines is 1. The van der Waals surface area contributed by atoms with Crippen molar-refractivity contribution in [2.45, 2.75) is 37.7 Å². The molecular weight excluding hydrogens is 553 g/mol. The number of carbonyl (C=O) groups excluding carboxylic acids is 1. The Morgan fingerprint density at radius 1 is 1.14 bits per heavy atom. The minimum absolute atomic E-state index is 0.132. The number of allylic oxidation sites excluding steroid dienone is 1. The van der Waals surface area contributed by atoms with Crippen LogP contribution in [0.4, 0.5) is 10.2 Å². The summed E-state index contributed by atoms with van der Waals surface area (Å²) in [5, 5.41) is 19.6. The average molecular weight is 584 g/mol. The minimum Gasteiger partial charge on any atom is -0.354 e.